The van der Waals surface area contributed by atoms with Crippen molar-refractivity contribution in [2.75, 3.05) is 14.2 Å². The molecule has 1 aromatic carbocycles. The van der Waals surface area contributed by atoms with Gasteiger partial charge in [0, 0.05) is 6.04 Å². The molecule has 1 aliphatic carbocycles. The lowest BCUT2D eigenvalue weighted by atomic mass is 9.86. The van der Waals surface area contributed by atoms with Gasteiger partial charge in [-0.05, 0) is 43.0 Å². The molecule has 0 saturated heterocycles. The molecule has 1 aromatic rings. The van der Waals surface area contributed by atoms with E-state index in [0.29, 0.717) is 6.04 Å². The maximum atomic E-state index is 5.21. The Morgan fingerprint density at radius 1 is 1.24 bits per heavy atom. The van der Waals surface area contributed by atoms with E-state index in [9.17, 15) is 0 Å². The van der Waals surface area contributed by atoms with Gasteiger partial charge in [-0.2, -0.15) is 0 Å². The van der Waals surface area contributed by atoms with Crippen LogP contribution in [-0.4, -0.2) is 14.2 Å². The van der Waals surface area contributed by atoms with Crippen molar-refractivity contribution in [3.63, 3.8) is 0 Å². The first-order chi connectivity index (χ1) is 8.26. The highest BCUT2D eigenvalue weighted by molar-refractivity contribution is 5.29. The Balaban J connectivity index is 2.16. The van der Waals surface area contributed by atoms with Gasteiger partial charge in [0.15, 0.2) is 0 Å². The molecule has 3 atom stereocenters. The third-order valence-electron chi connectivity index (χ3n) is 4.14. The molecule has 0 aliphatic heterocycles. The minimum atomic E-state index is 0.485. The van der Waals surface area contributed by atoms with E-state index in [1.54, 1.807) is 7.11 Å². The lowest BCUT2D eigenvalue weighted by Gasteiger charge is -2.27. The molecule has 1 N–H and O–H groups in total. The average Bonchev–Trinajstić information content (AvgIpc) is 2.78. The van der Waals surface area contributed by atoms with Gasteiger partial charge >= 0.3 is 0 Å². The van der Waals surface area contributed by atoms with Gasteiger partial charge in [0.2, 0.25) is 0 Å². The van der Waals surface area contributed by atoms with Gasteiger partial charge in [0.1, 0.15) is 5.75 Å². The molecule has 2 nitrogen and oxygen atoms in total. The zero-order chi connectivity index (χ0) is 12.3. The largest absolute Gasteiger partial charge is 0.497 e. The topological polar surface area (TPSA) is 21.3 Å². The highest BCUT2D eigenvalue weighted by atomic mass is 16.5. The van der Waals surface area contributed by atoms with Crippen LogP contribution < -0.4 is 10.1 Å². The Bertz CT molecular complexity index is 346. The fourth-order valence-corrected chi connectivity index (χ4v) is 3.11. The molecule has 0 aromatic heterocycles. The summed E-state index contributed by atoms with van der Waals surface area (Å²) in [5, 5.41) is 3.49. The number of nitrogens with one attached hydrogen (secondary N) is 1. The Morgan fingerprint density at radius 3 is 2.41 bits per heavy atom. The van der Waals surface area contributed by atoms with Crippen LogP contribution in [0.15, 0.2) is 24.3 Å². The van der Waals surface area contributed by atoms with E-state index >= 15 is 0 Å². The summed E-state index contributed by atoms with van der Waals surface area (Å²) in [5.74, 6) is 2.53. The fraction of sp³-hybridized carbons (Fsp3) is 0.600. The van der Waals surface area contributed by atoms with E-state index < -0.39 is 0 Å². The second-order valence-corrected chi connectivity index (χ2v) is 5.11. The third kappa shape index (κ3) is 2.63. The van der Waals surface area contributed by atoms with Crippen LogP contribution in [0.1, 0.15) is 37.8 Å². The van der Waals surface area contributed by atoms with Crippen LogP contribution >= 0.6 is 0 Å². The van der Waals surface area contributed by atoms with Crippen molar-refractivity contribution in [3.8, 4) is 5.75 Å². The number of ether oxygens (including phenoxy) is 1. The van der Waals surface area contributed by atoms with Crippen molar-refractivity contribution >= 4 is 0 Å². The zero-order valence-corrected chi connectivity index (χ0v) is 11.1. The van der Waals surface area contributed by atoms with Crippen molar-refractivity contribution in [2.24, 2.45) is 11.8 Å². The normalized spacial score (nSPS) is 25.8. The molecule has 1 fully saturated rings. The van der Waals surface area contributed by atoms with E-state index in [1.807, 2.05) is 0 Å². The summed E-state index contributed by atoms with van der Waals surface area (Å²) in [7, 11) is 3.78. The Kier molecular flexibility index (Phi) is 4.06. The first kappa shape index (κ1) is 12.4. The second-order valence-electron chi connectivity index (χ2n) is 5.11. The van der Waals surface area contributed by atoms with Crippen molar-refractivity contribution in [1.29, 1.82) is 0 Å². The minimum absolute atomic E-state index is 0.485. The Labute approximate surface area is 104 Å². The average molecular weight is 233 g/mol. The predicted molar refractivity (Wildman–Crippen MR) is 71.3 cm³/mol. The van der Waals surface area contributed by atoms with Crippen LogP contribution in [0, 0.1) is 11.8 Å². The summed E-state index contributed by atoms with van der Waals surface area (Å²) in [5.41, 5.74) is 1.38. The number of benzene rings is 1. The lowest BCUT2D eigenvalue weighted by Crippen LogP contribution is -2.26. The quantitative estimate of drug-likeness (QED) is 0.860. The maximum Gasteiger partial charge on any atom is 0.118 e. The van der Waals surface area contributed by atoms with Gasteiger partial charge in [-0.1, -0.05) is 31.9 Å². The molecular formula is C15H23NO. The molecule has 0 spiro atoms. The van der Waals surface area contributed by atoms with Gasteiger partial charge in [0.05, 0.1) is 7.11 Å². The first-order valence-electron chi connectivity index (χ1n) is 6.57. The van der Waals surface area contributed by atoms with Crippen molar-refractivity contribution in [1.82, 2.24) is 5.32 Å². The smallest absolute Gasteiger partial charge is 0.118 e. The van der Waals surface area contributed by atoms with E-state index in [2.05, 4.69) is 43.6 Å². The van der Waals surface area contributed by atoms with Gasteiger partial charge in [0.25, 0.3) is 0 Å². The molecule has 17 heavy (non-hydrogen) atoms. The van der Waals surface area contributed by atoms with Crippen LogP contribution in [0.2, 0.25) is 0 Å². The SMILES string of the molecule is CNC(c1ccc(OC)cc1)C1CCCC1C. The van der Waals surface area contributed by atoms with Gasteiger partial charge in [-0.3, -0.25) is 0 Å². The lowest BCUT2D eigenvalue weighted by molar-refractivity contribution is 0.315. The third-order valence-corrected chi connectivity index (χ3v) is 4.14. The molecular weight excluding hydrogens is 210 g/mol. The van der Waals surface area contributed by atoms with Gasteiger partial charge in [-0.15, -0.1) is 0 Å². The number of hydrogen-bond donors (Lipinski definition) is 1. The molecule has 0 bridgehead atoms. The van der Waals surface area contributed by atoms with Crippen LogP contribution in [0.25, 0.3) is 0 Å². The summed E-state index contributed by atoms with van der Waals surface area (Å²) in [6.45, 7) is 2.38. The second kappa shape index (κ2) is 5.54. The number of methoxy groups -OCH3 is 1. The van der Waals surface area contributed by atoms with Crippen molar-refractivity contribution in [2.45, 2.75) is 32.2 Å². The molecule has 0 radical (unpaired) electrons. The van der Waals surface area contributed by atoms with Crippen molar-refractivity contribution in [3.05, 3.63) is 29.8 Å². The highest BCUT2D eigenvalue weighted by Gasteiger charge is 2.30. The summed E-state index contributed by atoms with van der Waals surface area (Å²) < 4.78 is 5.21. The van der Waals surface area contributed by atoms with E-state index in [1.165, 1.54) is 24.8 Å². The number of hydrogen-bond acceptors (Lipinski definition) is 2. The van der Waals surface area contributed by atoms with Crippen LogP contribution in [0.3, 0.4) is 0 Å². The van der Waals surface area contributed by atoms with Gasteiger partial charge in [-0.25, -0.2) is 0 Å². The molecule has 2 heteroatoms. The Hall–Kier alpha value is -1.02. The fourth-order valence-electron chi connectivity index (χ4n) is 3.11. The van der Waals surface area contributed by atoms with Crippen molar-refractivity contribution < 1.29 is 4.74 Å². The Morgan fingerprint density at radius 2 is 1.94 bits per heavy atom. The molecule has 1 aliphatic rings. The zero-order valence-electron chi connectivity index (χ0n) is 11.1. The monoisotopic (exact) mass is 233 g/mol. The first-order valence-corrected chi connectivity index (χ1v) is 6.57. The van der Waals surface area contributed by atoms with Crippen LogP contribution in [-0.2, 0) is 0 Å². The molecule has 3 unspecified atom stereocenters. The molecule has 0 heterocycles. The summed E-state index contributed by atoms with van der Waals surface area (Å²) in [6, 6.07) is 8.97. The summed E-state index contributed by atoms with van der Waals surface area (Å²) in [4.78, 5) is 0. The summed E-state index contributed by atoms with van der Waals surface area (Å²) >= 11 is 0. The molecule has 1 saturated carbocycles. The maximum absolute atomic E-state index is 5.21. The van der Waals surface area contributed by atoms with E-state index in [-0.39, 0.29) is 0 Å². The van der Waals surface area contributed by atoms with Gasteiger partial charge < -0.3 is 10.1 Å². The standard InChI is InChI=1S/C15H23NO/c1-11-5-4-6-14(11)15(16-2)12-7-9-13(17-3)10-8-12/h7-11,14-16H,4-6H2,1-3H3. The highest BCUT2D eigenvalue weighted by Crippen LogP contribution is 2.40. The number of rotatable bonds is 4. The summed E-state index contributed by atoms with van der Waals surface area (Å²) in [6.07, 6.45) is 4.10. The molecule has 0 amide bonds. The van der Waals surface area contributed by atoms with E-state index in [0.717, 1.165) is 17.6 Å². The van der Waals surface area contributed by atoms with Crippen LogP contribution in [0.4, 0.5) is 0 Å². The van der Waals surface area contributed by atoms with Crippen LogP contribution in [0.5, 0.6) is 5.75 Å². The predicted octanol–water partition coefficient (Wildman–Crippen LogP) is 3.39. The minimum Gasteiger partial charge on any atom is -0.497 e. The molecule has 94 valence electrons. The molecule has 2 rings (SSSR count). The van der Waals surface area contributed by atoms with E-state index in [4.69, 9.17) is 4.74 Å².